The van der Waals surface area contributed by atoms with E-state index in [-0.39, 0.29) is 17.8 Å². The Balaban J connectivity index is 2.06. The van der Waals surface area contributed by atoms with Crippen LogP contribution in [0.5, 0.6) is 0 Å². The number of nitro benzene ring substituents is 1. The molecule has 2 N–H and O–H groups in total. The van der Waals surface area contributed by atoms with Crippen LogP contribution in [-0.2, 0) is 0 Å². The standard InChI is InChI=1S/C12H16N4O3/c1-9-8-13-5-6-15(9)12(17)14-10-3-2-4-11(7-10)16(18)19/h2-4,7,9,13H,5-6,8H2,1H3,(H,14,17)/t9-/m0/s1. The molecule has 0 saturated carbocycles. The highest BCUT2D eigenvalue weighted by Crippen LogP contribution is 2.17. The SMILES string of the molecule is C[C@H]1CNCCN1C(=O)Nc1cccc([N+](=O)[O-])c1. The van der Waals surface area contributed by atoms with Gasteiger partial charge in [0.1, 0.15) is 0 Å². The third kappa shape index (κ3) is 3.19. The molecule has 0 spiro atoms. The number of benzene rings is 1. The van der Waals surface area contributed by atoms with Crippen molar-refractivity contribution >= 4 is 17.4 Å². The Labute approximate surface area is 110 Å². The average molecular weight is 264 g/mol. The summed E-state index contributed by atoms with van der Waals surface area (Å²) < 4.78 is 0. The molecule has 0 aliphatic carbocycles. The highest BCUT2D eigenvalue weighted by molar-refractivity contribution is 5.90. The molecule has 1 fully saturated rings. The quantitative estimate of drug-likeness (QED) is 0.624. The Morgan fingerprint density at radius 3 is 3.05 bits per heavy atom. The second kappa shape index (κ2) is 5.66. The highest BCUT2D eigenvalue weighted by atomic mass is 16.6. The van der Waals surface area contributed by atoms with Crippen LogP contribution in [-0.4, -0.2) is 41.5 Å². The van der Waals surface area contributed by atoms with E-state index in [0.717, 1.165) is 13.1 Å². The molecule has 1 heterocycles. The molecule has 1 aromatic carbocycles. The molecular weight excluding hydrogens is 248 g/mol. The van der Waals surface area contributed by atoms with Crippen molar-refractivity contribution in [3.05, 3.63) is 34.4 Å². The maximum Gasteiger partial charge on any atom is 0.322 e. The summed E-state index contributed by atoms with van der Waals surface area (Å²) in [4.78, 5) is 24.0. The first-order valence-corrected chi connectivity index (χ1v) is 6.10. The van der Waals surface area contributed by atoms with Gasteiger partial charge in [0.2, 0.25) is 0 Å². The van der Waals surface area contributed by atoms with Gasteiger partial charge in [0.15, 0.2) is 0 Å². The second-order valence-corrected chi connectivity index (χ2v) is 4.48. The smallest absolute Gasteiger partial charge is 0.319 e. The van der Waals surface area contributed by atoms with Crippen LogP contribution in [0.4, 0.5) is 16.2 Å². The first-order valence-electron chi connectivity index (χ1n) is 6.10. The minimum Gasteiger partial charge on any atom is -0.319 e. The van der Waals surface area contributed by atoms with E-state index in [0.29, 0.717) is 12.2 Å². The van der Waals surface area contributed by atoms with Gasteiger partial charge in [0.05, 0.1) is 4.92 Å². The van der Waals surface area contributed by atoms with Crippen LogP contribution >= 0.6 is 0 Å². The lowest BCUT2D eigenvalue weighted by Gasteiger charge is -2.33. The Kier molecular flexibility index (Phi) is 3.96. The number of hydrogen-bond donors (Lipinski definition) is 2. The van der Waals surface area contributed by atoms with E-state index in [1.165, 1.54) is 12.1 Å². The number of anilines is 1. The van der Waals surface area contributed by atoms with Crippen molar-refractivity contribution in [2.75, 3.05) is 25.0 Å². The monoisotopic (exact) mass is 264 g/mol. The molecule has 1 aliphatic heterocycles. The lowest BCUT2D eigenvalue weighted by atomic mass is 10.2. The van der Waals surface area contributed by atoms with Gasteiger partial charge in [-0.1, -0.05) is 6.07 Å². The molecule has 7 heteroatoms. The zero-order valence-electron chi connectivity index (χ0n) is 10.6. The number of carbonyl (C=O) groups excluding carboxylic acids is 1. The van der Waals surface area contributed by atoms with E-state index >= 15 is 0 Å². The molecule has 2 rings (SSSR count). The number of carbonyl (C=O) groups is 1. The van der Waals surface area contributed by atoms with E-state index in [9.17, 15) is 14.9 Å². The number of urea groups is 1. The summed E-state index contributed by atoms with van der Waals surface area (Å²) >= 11 is 0. The van der Waals surface area contributed by atoms with Crippen molar-refractivity contribution in [3.63, 3.8) is 0 Å². The van der Waals surface area contributed by atoms with Crippen LogP contribution < -0.4 is 10.6 Å². The van der Waals surface area contributed by atoms with Crippen molar-refractivity contribution in [3.8, 4) is 0 Å². The summed E-state index contributed by atoms with van der Waals surface area (Å²) in [5.41, 5.74) is 0.399. The number of nitrogens with zero attached hydrogens (tertiary/aromatic N) is 2. The van der Waals surface area contributed by atoms with Crippen molar-refractivity contribution in [2.45, 2.75) is 13.0 Å². The Bertz CT molecular complexity index is 492. The van der Waals surface area contributed by atoms with E-state index < -0.39 is 4.92 Å². The molecule has 0 radical (unpaired) electrons. The zero-order valence-corrected chi connectivity index (χ0v) is 10.6. The predicted octanol–water partition coefficient (Wildman–Crippen LogP) is 1.42. The van der Waals surface area contributed by atoms with Crippen LogP contribution in [0.3, 0.4) is 0 Å². The average Bonchev–Trinajstić information content (AvgIpc) is 2.39. The van der Waals surface area contributed by atoms with Gasteiger partial charge in [-0.2, -0.15) is 0 Å². The molecule has 2 amide bonds. The number of nitrogens with one attached hydrogen (secondary N) is 2. The number of amides is 2. The molecule has 19 heavy (non-hydrogen) atoms. The normalized spacial score (nSPS) is 19.0. The first kappa shape index (κ1) is 13.3. The molecule has 0 aromatic heterocycles. The zero-order chi connectivity index (χ0) is 13.8. The molecule has 7 nitrogen and oxygen atoms in total. The summed E-state index contributed by atoms with van der Waals surface area (Å²) in [6, 6.07) is 5.81. The van der Waals surface area contributed by atoms with Gasteiger partial charge < -0.3 is 15.5 Å². The van der Waals surface area contributed by atoms with Gasteiger partial charge in [0, 0.05) is 43.5 Å². The Hall–Kier alpha value is -2.15. The van der Waals surface area contributed by atoms with E-state index in [2.05, 4.69) is 10.6 Å². The Morgan fingerprint density at radius 1 is 1.58 bits per heavy atom. The molecule has 1 saturated heterocycles. The summed E-state index contributed by atoms with van der Waals surface area (Å²) in [6.45, 7) is 4.09. The number of hydrogen-bond acceptors (Lipinski definition) is 4. The summed E-state index contributed by atoms with van der Waals surface area (Å²) in [5, 5.41) is 16.6. The largest absolute Gasteiger partial charge is 0.322 e. The molecule has 102 valence electrons. The molecular formula is C12H16N4O3. The van der Waals surface area contributed by atoms with E-state index in [4.69, 9.17) is 0 Å². The predicted molar refractivity (Wildman–Crippen MR) is 71.2 cm³/mol. The van der Waals surface area contributed by atoms with Crippen molar-refractivity contribution in [1.82, 2.24) is 10.2 Å². The van der Waals surface area contributed by atoms with Crippen LogP contribution in [0.15, 0.2) is 24.3 Å². The number of non-ortho nitro benzene ring substituents is 1. The summed E-state index contributed by atoms with van der Waals surface area (Å²) in [5.74, 6) is 0. The van der Waals surface area contributed by atoms with Gasteiger partial charge in [-0.05, 0) is 13.0 Å². The Morgan fingerprint density at radius 2 is 2.37 bits per heavy atom. The maximum absolute atomic E-state index is 12.1. The maximum atomic E-state index is 12.1. The first-order chi connectivity index (χ1) is 9.08. The van der Waals surface area contributed by atoms with E-state index in [1.807, 2.05) is 6.92 Å². The number of rotatable bonds is 2. The molecule has 1 aromatic rings. The van der Waals surface area contributed by atoms with Crippen molar-refractivity contribution in [1.29, 1.82) is 0 Å². The fourth-order valence-electron chi connectivity index (χ4n) is 2.04. The van der Waals surface area contributed by atoms with Gasteiger partial charge >= 0.3 is 6.03 Å². The molecule has 1 atom stereocenters. The minimum absolute atomic E-state index is 0.0360. The molecule has 1 aliphatic rings. The van der Waals surface area contributed by atoms with Gasteiger partial charge in [-0.15, -0.1) is 0 Å². The second-order valence-electron chi connectivity index (χ2n) is 4.48. The fraction of sp³-hybridized carbons (Fsp3) is 0.417. The summed E-state index contributed by atoms with van der Waals surface area (Å²) in [7, 11) is 0. The molecule has 0 bridgehead atoms. The number of nitro groups is 1. The van der Waals surface area contributed by atoms with E-state index in [1.54, 1.807) is 17.0 Å². The molecule has 0 unspecified atom stereocenters. The topological polar surface area (TPSA) is 87.5 Å². The lowest BCUT2D eigenvalue weighted by Crippen LogP contribution is -2.53. The van der Waals surface area contributed by atoms with Gasteiger partial charge in [-0.3, -0.25) is 10.1 Å². The van der Waals surface area contributed by atoms with Gasteiger partial charge in [-0.25, -0.2) is 4.79 Å². The minimum atomic E-state index is -0.483. The third-order valence-corrected chi connectivity index (χ3v) is 3.07. The van der Waals surface area contributed by atoms with Crippen LogP contribution in [0.2, 0.25) is 0 Å². The van der Waals surface area contributed by atoms with Crippen molar-refractivity contribution < 1.29 is 9.72 Å². The third-order valence-electron chi connectivity index (χ3n) is 3.07. The van der Waals surface area contributed by atoms with Crippen LogP contribution in [0.1, 0.15) is 6.92 Å². The fourth-order valence-corrected chi connectivity index (χ4v) is 2.04. The number of piperazine rings is 1. The van der Waals surface area contributed by atoms with Crippen LogP contribution in [0.25, 0.3) is 0 Å². The highest BCUT2D eigenvalue weighted by Gasteiger charge is 2.23. The van der Waals surface area contributed by atoms with Crippen molar-refractivity contribution in [2.24, 2.45) is 0 Å². The van der Waals surface area contributed by atoms with Crippen LogP contribution in [0, 0.1) is 10.1 Å². The lowest BCUT2D eigenvalue weighted by molar-refractivity contribution is -0.384. The van der Waals surface area contributed by atoms with Gasteiger partial charge in [0.25, 0.3) is 5.69 Å². The summed E-state index contributed by atoms with van der Waals surface area (Å²) in [6.07, 6.45) is 0.